The van der Waals surface area contributed by atoms with Gasteiger partial charge in [-0.1, -0.05) is 38.8 Å². The number of ether oxygens (including phenoxy) is 1. The van der Waals surface area contributed by atoms with Crippen molar-refractivity contribution in [3.63, 3.8) is 0 Å². The summed E-state index contributed by atoms with van der Waals surface area (Å²) in [6.45, 7) is 4.40. The quantitative estimate of drug-likeness (QED) is 0.542. The molecule has 1 saturated carbocycles. The normalized spacial score (nSPS) is 36.7. The second-order valence-electron chi connectivity index (χ2n) is 5.87. The Hall–Kier alpha value is -0.790. The summed E-state index contributed by atoms with van der Waals surface area (Å²) in [5, 5.41) is 0. The molecule has 1 fully saturated rings. The summed E-state index contributed by atoms with van der Waals surface area (Å²) in [6.07, 6.45) is 9.67. The van der Waals surface area contributed by atoms with Crippen LogP contribution in [0.25, 0.3) is 0 Å². The molecule has 0 saturated heterocycles. The summed E-state index contributed by atoms with van der Waals surface area (Å²) in [7, 11) is 1.52. The number of methoxy groups -OCH3 is 1. The molecular formula is C15H24O2. The molecular weight excluding hydrogens is 212 g/mol. The number of esters is 1. The Morgan fingerprint density at radius 2 is 1.94 bits per heavy atom. The third-order valence-corrected chi connectivity index (χ3v) is 4.57. The molecule has 0 aromatic rings. The lowest BCUT2D eigenvalue weighted by atomic mass is 9.62. The molecule has 0 amide bonds. The molecule has 4 unspecified atom stereocenters. The van der Waals surface area contributed by atoms with Gasteiger partial charge in [-0.2, -0.15) is 0 Å². The standard InChI is InChI=1S/C15H24O2/c1-10(2)12-9-8-11-6-4-5-7-13(11)14(12)15(16)17-3/h8-14H,4-7H2,1-3H3. The van der Waals surface area contributed by atoms with Gasteiger partial charge in [0.25, 0.3) is 0 Å². The largest absolute Gasteiger partial charge is 0.469 e. The van der Waals surface area contributed by atoms with Crippen LogP contribution in [0.5, 0.6) is 0 Å². The molecule has 0 radical (unpaired) electrons. The SMILES string of the molecule is COC(=O)C1C(C(C)C)C=CC2CCCCC21. The first kappa shape index (κ1) is 12.7. The molecule has 4 atom stereocenters. The number of hydrogen-bond donors (Lipinski definition) is 0. The summed E-state index contributed by atoms with van der Waals surface area (Å²) in [5.74, 6) is 2.11. The Morgan fingerprint density at radius 3 is 2.59 bits per heavy atom. The first-order valence-corrected chi connectivity index (χ1v) is 6.91. The molecule has 17 heavy (non-hydrogen) atoms. The second kappa shape index (κ2) is 5.24. The highest BCUT2D eigenvalue weighted by Gasteiger charge is 2.43. The molecule has 0 aromatic heterocycles. The van der Waals surface area contributed by atoms with Gasteiger partial charge in [0.15, 0.2) is 0 Å². The lowest BCUT2D eigenvalue weighted by molar-refractivity contribution is -0.151. The monoisotopic (exact) mass is 236 g/mol. The van der Waals surface area contributed by atoms with Gasteiger partial charge in [0.2, 0.25) is 0 Å². The minimum absolute atomic E-state index is 0.00458. The van der Waals surface area contributed by atoms with Gasteiger partial charge < -0.3 is 4.74 Å². The molecule has 0 spiro atoms. The van der Waals surface area contributed by atoms with Crippen molar-refractivity contribution in [1.29, 1.82) is 0 Å². The highest BCUT2D eigenvalue weighted by atomic mass is 16.5. The van der Waals surface area contributed by atoms with Gasteiger partial charge in [-0.05, 0) is 36.5 Å². The maximum absolute atomic E-state index is 12.1. The Labute approximate surface area is 104 Å². The van der Waals surface area contributed by atoms with E-state index in [9.17, 15) is 4.79 Å². The van der Waals surface area contributed by atoms with Crippen molar-refractivity contribution >= 4 is 5.97 Å². The van der Waals surface area contributed by atoms with E-state index in [1.54, 1.807) is 0 Å². The fourth-order valence-corrected chi connectivity index (χ4v) is 3.65. The predicted octanol–water partition coefficient (Wildman–Crippen LogP) is 3.42. The molecule has 0 aromatic carbocycles. The van der Waals surface area contributed by atoms with Crippen LogP contribution in [0.2, 0.25) is 0 Å². The molecule has 2 aliphatic rings. The highest BCUT2D eigenvalue weighted by molar-refractivity contribution is 5.73. The van der Waals surface area contributed by atoms with E-state index in [-0.39, 0.29) is 11.9 Å². The Kier molecular flexibility index (Phi) is 3.90. The van der Waals surface area contributed by atoms with E-state index in [0.29, 0.717) is 23.7 Å². The second-order valence-corrected chi connectivity index (χ2v) is 5.87. The highest BCUT2D eigenvalue weighted by Crippen LogP contribution is 2.45. The molecule has 0 N–H and O–H groups in total. The van der Waals surface area contributed by atoms with Crippen LogP contribution in [0.1, 0.15) is 39.5 Å². The maximum atomic E-state index is 12.1. The van der Waals surface area contributed by atoms with Crippen LogP contribution in [0, 0.1) is 29.6 Å². The molecule has 2 nitrogen and oxygen atoms in total. The predicted molar refractivity (Wildman–Crippen MR) is 68.4 cm³/mol. The van der Waals surface area contributed by atoms with Gasteiger partial charge in [0, 0.05) is 0 Å². The summed E-state index contributed by atoms with van der Waals surface area (Å²) in [6, 6.07) is 0. The van der Waals surface area contributed by atoms with E-state index in [4.69, 9.17) is 4.74 Å². The third-order valence-electron chi connectivity index (χ3n) is 4.57. The van der Waals surface area contributed by atoms with Gasteiger partial charge in [0.05, 0.1) is 13.0 Å². The topological polar surface area (TPSA) is 26.3 Å². The van der Waals surface area contributed by atoms with Crippen molar-refractivity contribution in [3.05, 3.63) is 12.2 Å². The van der Waals surface area contributed by atoms with E-state index in [0.717, 1.165) is 0 Å². The Bertz CT molecular complexity index is 306. The first-order valence-electron chi connectivity index (χ1n) is 6.91. The van der Waals surface area contributed by atoms with E-state index in [1.807, 2.05) is 0 Å². The molecule has 2 heteroatoms. The Balaban J connectivity index is 2.26. The zero-order chi connectivity index (χ0) is 12.4. The molecule has 0 aliphatic heterocycles. The number of hydrogen-bond acceptors (Lipinski definition) is 2. The Morgan fingerprint density at radius 1 is 1.24 bits per heavy atom. The molecule has 2 rings (SSSR count). The van der Waals surface area contributed by atoms with Gasteiger partial charge in [-0.15, -0.1) is 0 Å². The number of rotatable bonds is 2. The minimum Gasteiger partial charge on any atom is -0.469 e. The van der Waals surface area contributed by atoms with Gasteiger partial charge in [0.1, 0.15) is 0 Å². The lowest BCUT2D eigenvalue weighted by Crippen LogP contribution is -2.40. The van der Waals surface area contributed by atoms with Crippen LogP contribution in [0.3, 0.4) is 0 Å². The van der Waals surface area contributed by atoms with E-state index >= 15 is 0 Å². The van der Waals surface area contributed by atoms with Gasteiger partial charge in [-0.3, -0.25) is 4.79 Å². The summed E-state index contributed by atoms with van der Waals surface area (Å²) < 4.78 is 5.05. The fourth-order valence-electron chi connectivity index (χ4n) is 3.65. The number of carbonyl (C=O) groups is 1. The van der Waals surface area contributed by atoms with Crippen molar-refractivity contribution < 1.29 is 9.53 Å². The molecule has 0 heterocycles. The maximum Gasteiger partial charge on any atom is 0.309 e. The average Bonchev–Trinajstić information content (AvgIpc) is 2.36. The zero-order valence-electron chi connectivity index (χ0n) is 11.2. The van der Waals surface area contributed by atoms with Crippen molar-refractivity contribution in [1.82, 2.24) is 0 Å². The molecule has 96 valence electrons. The zero-order valence-corrected chi connectivity index (χ0v) is 11.2. The summed E-state index contributed by atoms with van der Waals surface area (Å²) >= 11 is 0. The summed E-state index contributed by atoms with van der Waals surface area (Å²) in [5.41, 5.74) is 0. The number of carbonyl (C=O) groups excluding carboxylic acids is 1. The van der Waals surface area contributed by atoms with Crippen LogP contribution in [0.4, 0.5) is 0 Å². The van der Waals surface area contributed by atoms with Crippen LogP contribution in [-0.2, 0) is 9.53 Å². The van der Waals surface area contributed by atoms with Crippen molar-refractivity contribution in [2.75, 3.05) is 7.11 Å². The fraction of sp³-hybridized carbons (Fsp3) is 0.800. The van der Waals surface area contributed by atoms with Crippen molar-refractivity contribution in [3.8, 4) is 0 Å². The summed E-state index contributed by atoms with van der Waals surface area (Å²) in [4.78, 5) is 12.1. The number of allylic oxidation sites excluding steroid dienone is 2. The molecule has 2 aliphatic carbocycles. The van der Waals surface area contributed by atoms with E-state index in [2.05, 4.69) is 26.0 Å². The van der Waals surface area contributed by atoms with Gasteiger partial charge >= 0.3 is 5.97 Å². The van der Waals surface area contributed by atoms with Crippen LogP contribution in [0.15, 0.2) is 12.2 Å². The smallest absolute Gasteiger partial charge is 0.309 e. The first-order chi connectivity index (χ1) is 8.15. The lowest BCUT2D eigenvalue weighted by Gasteiger charge is -2.42. The van der Waals surface area contributed by atoms with E-state index < -0.39 is 0 Å². The van der Waals surface area contributed by atoms with Crippen molar-refractivity contribution in [2.24, 2.45) is 29.6 Å². The van der Waals surface area contributed by atoms with Crippen LogP contribution < -0.4 is 0 Å². The van der Waals surface area contributed by atoms with Crippen molar-refractivity contribution in [2.45, 2.75) is 39.5 Å². The number of fused-ring (bicyclic) bond motifs is 1. The van der Waals surface area contributed by atoms with Crippen LogP contribution >= 0.6 is 0 Å². The van der Waals surface area contributed by atoms with Crippen LogP contribution in [-0.4, -0.2) is 13.1 Å². The molecule has 0 bridgehead atoms. The average molecular weight is 236 g/mol. The minimum atomic E-state index is 0.00458. The van der Waals surface area contributed by atoms with Gasteiger partial charge in [-0.25, -0.2) is 0 Å². The van der Waals surface area contributed by atoms with E-state index in [1.165, 1.54) is 32.8 Å². The third kappa shape index (κ3) is 2.41.